The molecule has 3 atom stereocenters. The van der Waals surface area contributed by atoms with E-state index in [9.17, 15) is 20.2 Å². The predicted molar refractivity (Wildman–Crippen MR) is 89.6 cm³/mol. The maximum absolute atomic E-state index is 14.6. The molecule has 0 bridgehead atoms. The lowest BCUT2D eigenvalue weighted by atomic mass is 9.56. The number of nitrogens with zero attached hydrogens (tertiary/aromatic N) is 3. The molecule has 0 spiro atoms. The lowest BCUT2D eigenvalue weighted by molar-refractivity contribution is 0.278. The van der Waals surface area contributed by atoms with Gasteiger partial charge in [0.1, 0.15) is 11.9 Å². The van der Waals surface area contributed by atoms with Gasteiger partial charge in [0, 0.05) is 5.92 Å². The number of allylic oxidation sites excluding steroid dienone is 4. The van der Waals surface area contributed by atoms with E-state index in [0.29, 0.717) is 17.9 Å². The second-order valence-electron chi connectivity index (χ2n) is 6.77. The minimum Gasteiger partial charge on any atom is -0.399 e. The van der Waals surface area contributed by atoms with E-state index in [1.54, 1.807) is 18.2 Å². The average Bonchev–Trinajstić information content (AvgIpc) is 2.62. The van der Waals surface area contributed by atoms with Crippen LogP contribution in [0.25, 0.3) is 0 Å². The lowest BCUT2D eigenvalue weighted by Gasteiger charge is -2.44. The first-order valence-corrected chi connectivity index (χ1v) is 8.17. The van der Waals surface area contributed by atoms with Gasteiger partial charge in [-0.25, -0.2) is 4.39 Å². The molecular weight excluding hydrogens is 315 g/mol. The SMILES string of the molecule is CC1CC=C2C(C#N)=C(N)C(C#N)(C#N)C(c3ccccc3F)C2C1. The number of hydrogen-bond acceptors (Lipinski definition) is 4. The molecule has 1 aromatic rings. The number of nitrogens with two attached hydrogens (primary N) is 1. The van der Waals surface area contributed by atoms with Gasteiger partial charge in [-0.05, 0) is 41.9 Å². The first kappa shape index (κ1) is 16.7. The molecule has 0 fully saturated rings. The molecule has 2 aliphatic carbocycles. The van der Waals surface area contributed by atoms with Crippen LogP contribution < -0.4 is 5.73 Å². The summed E-state index contributed by atoms with van der Waals surface area (Å²) < 4.78 is 14.6. The van der Waals surface area contributed by atoms with Gasteiger partial charge in [-0.15, -0.1) is 0 Å². The van der Waals surface area contributed by atoms with Crippen molar-refractivity contribution in [3.63, 3.8) is 0 Å². The summed E-state index contributed by atoms with van der Waals surface area (Å²) in [6, 6.07) is 12.3. The first-order chi connectivity index (χ1) is 12.0. The van der Waals surface area contributed by atoms with Crippen LogP contribution in [0.3, 0.4) is 0 Å². The predicted octanol–water partition coefficient (Wildman–Crippen LogP) is 3.67. The molecule has 4 nitrogen and oxygen atoms in total. The summed E-state index contributed by atoms with van der Waals surface area (Å²) in [5, 5.41) is 29.3. The van der Waals surface area contributed by atoms with E-state index in [2.05, 4.69) is 13.0 Å². The van der Waals surface area contributed by atoms with Crippen molar-refractivity contribution in [3.05, 3.63) is 58.6 Å². The molecular formula is C20H17FN4. The molecule has 0 radical (unpaired) electrons. The summed E-state index contributed by atoms with van der Waals surface area (Å²) in [5.74, 6) is -1.18. The van der Waals surface area contributed by atoms with Gasteiger partial charge < -0.3 is 5.73 Å². The van der Waals surface area contributed by atoms with Crippen LogP contribution in [0, 0.1) is 57.1 Å². The van der Waals surface area contributed by atoms with Crippen LogP contribution in [0.15, 0.2) is 47.2 Å². The fourth-order valence-corrected chi connectivity index (χ4v) is 4.15. The standard InChI is InChI=1S/C20H17FN4/c1-12-6-7-13-15(8-12)18(14-4-2-3-5-17(14)21)20(10-23,11-24)19(25)16(13)9-22/h2-5,7,12,15,18H,6,8,25H2,1H3. The Morgan fingerprint density at radius 3 is 2.48 bits per heavy atom. The molecule has 0 heterocycles. The second-order valence-corrected chi connectivity index (χ2v) is 6.77. The minimum atomic E-state index is -1.76. The molecule has 0 aliphatic heterocycles. The quantitative estimate of drug-likeness (QED) is 0.848. The van der Waals surface area contributed by atoms with Crippen molar-refractivity contribution in [1.29, 1.82) is 15.8 Å². The zero-order chi connectivity index (χ0) is 18.2. The normalized spacial score (nSPS) is 27.3. The molecule has 3 unspecified atom stereocenters. The van der Waals surface area contributed by atoms with Gasteiger partial charge in [0.15, 0.2) is 5.41 Å². The zero-order valence-corrected chi connectivity index (χ0v) is 13.8. The number of hydrogen-bond donors (Lipinski definition) is 1. The Kier molecular flexibility index (Phi) is 4.07. The molecule has 1 aromatic carbocycles. The van der Waals surface area contributed by atoms with Gasteiger partial charge in [-0.1, -0.05) is 31.2 Å². The van der Waals surface area contributed by atoms with Gasteiger partial charge >= 0.3 is 0 Å². The van der Waals surface area contributed by atoms with Gasteiger partial charge in [0.25, 0.3) is 0 Å². The van der Waals surface area contributed by atoms with E-state index in [1.165, 1.54) is 6.07 Å². The molecule has 2 N–H and O–H groups in total. The fraction of sp³-hybridized carbons (Fsp3) is 0.350. The Bertz CT molecular complexity index is 893. The van der Waals surface area contributed by atoms with E-state index in [4.69, 9.17) is 5.73 Å². The lowest BCUT2D eigenvalue weighted by Crippen LogP contribution is -2.43. The molecule has 3 rings (SSSR count). The summed E-state index contributed by atoms with van der Waals surface area (Å²) in [6.07, 6.45) is 3.42. The highest BCUT2D eigenvalue weighted by atomic mass is 19.1. The zero-order valence-electron chi connectivity index (χ0n) is 13.8. The van der Waals surface area contributed by atoms with Crippen molar-refractivity contribution in [1.82, 2.24) is 0 Å². The molecule has 124 valence electrons. The molecule has 0 aromatic heterocycles. The summed E-state index contributed by atoms with van der Waals surface area (Å²) in [5.41, 5.74) is 5.58. The number of nitriles is 3. The van der Waals surface area contributed by atoms with Gasteiger partial charge in [0.05, 0.1) is 23.4 Å². The highest BCUT2D eigenvalue weighted by molar-refractivity contribution is 5.59. The van der Waals surface area contributed by atoms with Crippen molar-refractivity contribution < 1.29 is 4.39 Å². The molecule has 0 saturated carbocycles. The monoisotopic (exact) mass is 332 g/mol. The first-order valence-electron chi connectivity index (χ1n) is 8.17. The number of rotatable bonds is 1. The van der Waals surface area contributed by atoms with Crippen molar-refractivity contribution in [3.8, 4) is 18.2 Å². The van der Waals surface area contributed by atoms with Crippen LogP contribution in [0.1, 0.15) is 31.2 Å². The highest BCUT2D eigenvalue weighted by Crippen LogP contribution is 2.56. The van der Waals surface area contributed by atoms with E-state index >= 15 is 0 Å². The van der Waals surface area contributed by atoms with Crippen LogP contribution in [-0.2, 0) is 0 Å². The largest absolute Gasteiger partial charge is 0.399 e. The Labute approximate surface area is 146 Å². The van der Waals surface area contributed by atoms with Crippen LogP contribution in [0.4, 0.5) is 4.39 Å². The third-order valence-electron chi connectivity index (χ3n) is 5.35. The summed E-state index contributed by atoms with van der Waals surface area (Å²) in [7, 11) is 0. The number of fused-ring (bicyclic) bond motifs is 1. The topological polar surface area (TPSA) is 97.4 Å². The van der Waals surface area contributed by atoms with Crippen LogP contribution in [0.5, 0.6) is 0 Å². The number of benzene rings is 1. The van der Waals surface area contributed by atoms with Crippen LogP contribution >= 0.6 is 0 Å². The maximum Gasteiger partial charge on any atom is 0.191 e. The third-order valence-corrected chi connectivity index (χ3v) is 5.35. The second kappa shape index (κ2) is 6.08. The Hall–Kier alpha value is -3.10. The smallest absolute Gasteiger partial charge is 0.191 e. The summed E-state index contributed by atoms with van der Waals surface area (Å²) >= 11 is 0. The van der Waals surface area contributed by atoms with E-state index < -0.39 is 17.2 Å². The summed E-state index contributed by atoms with van der Waals surface area (Å²) in [4.78, 5) is 0. The van der Waals surface area contributed by atoms with Crippen molar-refractivity contribution in [2.24, 2.45) is 23.0 Å². The van der Waals surface area contributed by atoms with E-state index in [1.807, 2.05) is 18.2 Å². The van der Waals surface area contributed by atoms with Crippen molar-refractivity contribution in [2.45, 2.75) is 25.7 Å². The van der Waals surface area contributed by atoms with Crippen LogP contribution in [-0.4, -0.2) is 0 Å². The Balaban J connectivity index is 2.37. The van der Waals surface area contributed by atoms with Crippen LogP contribution in [0.2, 0.25) is 0 Å². The van der Waals surface area contributed by atoms with E-state index in [0.717, 1.165) is 12.0 Å². The Morgan fingerprint density at radius 1 is 1.20 bits per heavy atom. The maximum atomic E-state index is 14.6. The van der Waals surface area contributed by atoms with Gasteiger partial charge in [-0.2, -0.15) is 15.8 Å². The Morgan fingerprint density at radius 2 is 1.88 bits per heavy atom. The molecule has 5 heteroatoms. The van der Waals surface area contributed by atoms with Crippen molar-refractivity contribution >= 4 is 0 Å². The minimum absolute atomic E-state index is 0.0645. The average molecular weight is 332 g/mol. The molecule has 0 amide bonds. The molecule has 25 heavy (non-hydrogen) atoms. The van der Waals surface area contributed by atoms with Crippen molar-refractivity contribution in [2.75, 3.05) is 0 Å². The van der Waals surface area contributed by atoms with Gasteiger partial charge in [0.2, 0.25) is 0 Å². The molecule has 0 saturated heterocycles. The van der Waals surface area contributed by atoms with E-state index in [-0.39, 0.29) is 17.2 Å². The fourth-order valence-electron chi connectivity index (χ4n) is 4.15. The molecule has 2 aliphatic rings. The highest BCUT2D eigenvalue weighted by Gasteiger charge is 2.54. The number of halogens is 1. The summed E-state index contributed by atoms with van der Waals surface area (Å²) in [6.45, 7) is 2.07. The third kappa shape index (κ3) is 2.31. The van der Waals surface area contributed by atoms with Gasteiger partial charge in [-0.3, -0.25) is 0 Å².